The molecule has 0 saturated heterocycles. The van der Waals surface area contributed by atoms with Crippen LogP contribution in [0.15, 0.2) is 17.6 Å². The average molecular weight is 254 g/mol. The predicted molar refractivity (Wildman–Crippen MR) is 68.2 cm³/mol. The molecule has 0 atom stereocenters. The first-order valence-electron chi connectivity index (χ1n) is 4.92. The summed E-state index contributed by atoms with van der Waals surface area (Å²) in [6, 6.07) is 1.98. The van der Waals surface area contributed by atoms with Gasteiger partial charge in [0.25, 0.3) is 0 Å². The van der Waals surface area contributed by atoms with Crippen LogP contribution in [-0.4, -0.2) is 9.97 Å². The van der Waals surface area contributed by atoms with E-state index >= 15 is 0 Å². The van der Waals surface area contributed by atoms with E-state index in [0.717, 1.165) is 28.5 Å². The fourth-order valence-electron chi connectivity index (χ4n) is 1.32. The third kappa shape index (κ3) is 2.71. The summed E-state index contributed by atoms with van der Waals surface area (Å²) in [6.07, 6.45) is 1.73. The molecule has 0 amide bonds. The molecule has 0 spiro atoms. The van der Waals surface area contributed by atoms with Crippen LogP contribution in [0.1, 0.15) is 16.3 Å². The fraction of sp³-hybridized carbons (Fsp3) is 0.273. The van der Waals surface area contributed by atoms with Crippen molar-refractivity contribution in [1.82, 2.24) is 9.97 Å². The van der Waals surface area contributed by atoms with Crippen molar-refractivity contribution in [2.24, 2.45) is 0 Å². The van der Waals surface area contributed by atoms with E-state index in [2.05, 4.69) is 15.3 Å². The van der Waals surface area contributed by atoms with Gasteiger partial charge in [-0.25, -0.2) is 9.97 Å². The number of pyridine rings is 1. The molecule has 0 aromatic carbocycles. The number of nitrogens with zero attached hydrogens (tertiary/aromatic N) is 2. The lowest BCUT2D eigenvalue weighted by Gasteiger charge is -2.05. The second kappa shape index (κ2) is 4.80. The first kappa shape index (κ1) is 11.4. The molecule has 0 bridgehead atoms. The largest absolute Gasteiger partial charge is 0.377 e. The predicted octanol–water partition coefficient (Wildman–Crippen LogP) is 3.42. The highest BCUT2D eigenvalue weighted by molar-refractivity contribution is 7.09. The third-order valence-corrected chi connectivity index (χ3v) is 3.49. The van der Waals surface area contributed by atoms with Gasteiger partial charge in [0.2, 0.25) is 0 Å². The Bertz CT molecular complexity index is 496. The topological polar surface area (TPSA) is 37.8 Å². The number of aryl methyl sites for hydroxylation is 2. The van der Waals surface area contributed by atoms with E-state index in [1.54, 1.807) is 17.5 Å². The summed E-state index contributed by atoms with van der Waals surface area (Å²) in [7, 11) is 0. The highest BCUT2D eigenvalue weighted by atomic mass is 35.5. The Morgan fingerprint density at radius 1 is 1.44 bits per heavy atom. The summed E-state index contributed by atoms with van der Waals surface area (Å²) in [5.41, 5.74) is 3.00. The maximum Gasteiger partial charge on any atom is 0.132 e. The average Bonchev–Trinajstić information content (AvgIpc) is 2.66. The van der Waals surface area contributed by atoms with Crippen LogP contribution in [-0.2, 0) is 6.54 Å². The zero-order chi connectivity index (χ0) is 11.5. The van der Waals surface area contributed by atoms with E-state index in [-0.39, 0.29) is 0 Å². The van der Waals surface area contributed by atoms with Crippen LogP contribution >= 0.6 is 22.9 Å². The number of aromatic nitrogens is 2. The highest BCUT2D eigenvalue weighted by Gasteiger charge is 2.01. The van der Waals surface area contributed by atoms with Crippen molar-refractivity contribution < 1.29 is 0 Å². The molecule has 0 saturated carbocycles. The minimum atomic E-state index is 0.552. The molecule has 3 nitrogen and oxygen atoms in total. The molecule has 0 fully saturated rings. The zero-order valence-corrected chi connectivity index (χ0v) is 10.7. The molecule has 0 aliphatic carbocycles. The molecular weight excluding hydrogens is 242 g/mol. The van der Waals surface area contributed by atoms with Gasteiger partial charge in [-0.1, -0.05) is 11.6 Å². The molecule has 2 aromatic rings. The van der Waals surface area contributed by atoms with Crippen LogP contribution in [0.2, 0.25) is 5.15 Å². The van der Waals surface area contributed by atoms with Crippen molar-refractivity contribution in [3.05, 3.63) is 39.1 Å². The van der Waals surface area contributed by atoms with Gasteiger partial charge in [0.05, 0.1) is 18.4 Å². The van der Waals surface area contributed by atoms with Gasteiger partial charge < -0.3 is 5.32 Å². The first-order valence-corrected chi connectivity index (χ1v) is 6.18. The minimum Gasteiger partial charge on any atom is -0.377 e. The van der Waals surface area contributed by atoms with E-state index in [4.69, 9.17) is 11.6 Å². The van der Waals surface area contributed by atoms with Crippen LogP contribution in [0.4, 0.5) is 5.69 Å². The molecule has 0 unspecified atom stereocenters. The monoisotopic (exact) mass is 253 g/mol. The third-order valence-electron chi connectivity index (χ3n) is 2.12. The molecule has 2 heterocycles. The molecule has 2 rings (SSSR count). The van der Waals surface area contributed by atoms with E-state index in [9.17, 15) is 0 Å². The summed E-state index contributed by atoms with van der Waals surface area (Å²) in [5, 5.41) is 6.94. The number of anilines is 1. The normalized spacial score (nSPS) is 10.4. The summed E-state index contributed by atoms with van der Waals surface area (Å²) in [4.78, 5) is 8.46. The van der Waals surface area contributed by atoms with Gasteiger partial charge in [0, 0.05) is 11.1 Å². The lowest BCUT2D eigenvalue weighted by atomic mass is 10.3. The number of halogens is 1. The van der Waals surface area contributed by atoms with Crippen LogP contribution < -0.4 is 5.32 Å². The minimum absolute atomic E-state index is 0.552. The van der Waals surface area contributed by atoms with Crippen molar-refractivity contribution in [3.8, 4) is 0 Å². The standard InChI is InChI=1S/C11H12ClN3S/c1-7-3-9(4-14-11(7)12)13-5-10-15-8(2)6-16-10/h3-4,6,13H,5H2,1-2H3. The van der Waals surface area contributed by atoms with Crippen LogP contribution in [0.5, 0.6) is 0 Å². The van der Waals surface area contributed by atoms with Crippen LogP contribution in [0, 0.1) is 13.8 Å². The van der Waals surface area contributed by atoms with Gasteiger partial charge in [-0.3, -0.25) is 0 Å². The van der Waals surface area contributed by atoms with Crippen molar-refractivity contribution in [2.45, 2.75) is 20.4 Å². The maximum absolute atomic E-state index is 5.85. The lowest BCUT2D eigenvalue weighted by molar-refractivity contribution is 1.07. The summed E-state index contributed by atoms with van der Waals surface area (Å²) >= 11 is 7.51. The molecular formula is C11H12ClN3S. The van der Waals surface area contributed by atoms with Crippen molar-refractivity contribution in [2.75, 3.05) is 5.32 Å². The number of rotatable bonds is 3. The fourth-order valence-corrected chi connectivity index (χ4v) is 2.13. The van der Waals surface area contributed by atoms with Gasteiger partial charge in [-0.2, -0.15) is 0 Å². The summed E-state index contributed by atoms with van der Waals surface area (Å²) in [5.74, 6) is 0. The van der Waals surface area contributed by atoms with Crippen molar-refractivity contribution in [3.63, 3.8) is 0 Å². The molecule has 0 radical (unpaired) electrons. The van der Waals surface area contributed by atoms with Gasteiger partial charge in [-0.15, -0.1) is 11.3 Å². The Hall–Kier alpha value is -1.13. The Balaban J connectivity index is 2.02. The molecule has 2 aromatic heterocycles. The number of thiazole rings is 1. The van der Waals surface area contributed by atoms with Crippen molar-refractivity contribution in [1.29, 1.82) is 0 Å². The van der Waals surface area contributed by atoms with Gasteiger partial charge >= 0.3 is 0 Å². The van der Waals surface area contributed by atoms with Gasteiger partial charge in [0.15, 0.2) is 0 Å². The Labute approximate surface area is 104 Å². The molecule has 0 aliphatic heterocycles. The highest BCUT2D eigenvalue weighted by Crippen LogP contribution is 2.17. The molecule has 0 aliphatic rings. The Morgan fingerprint density at radius 3 is 2.88 bits per heavy atom. The molecule has 16 heavy (non-hydrogen) atoms. The van der Waals surface area contributed by atoms with Crippen molar-refractivity contribution >= 4 is 28.6 Å². The molecule has 1 N–H and O–H groups in total. The summed E-state index contributed by atoms with van der Waals surface area (Å²) in [6.45, 7) is 4.66. The maximum atomic E-state index is 5.85. The zero-order valence-electron chi connectivity index (χ0n) is 9.12. The van der Waals surface area contributed by atoms with Crippen LogP contribution in [0.3, 0.4) is 0 Å². The van der Waals surface area contributed by atoms with Gasteiger partial charge in [-0.05, 0) is 25.5 Å². The number of hydrogen-bond acceptors (Lipinski definition) is 4. The quantitative estimate of drug-likeness (QED) is 0.852. The molecule has 84 valence electrons. The smallest absolute Gasteiger partial charge is 0.132 e. The number of nitrogens with one attached hydrogen (secondary N) is 1. The van der Waals surface area contributed by atoms with Crippen LogP contribution in [0.25, 0.3) is 0 Å². The Morgan fingerprint density at radius 2 is 2.25 bits per heavy atom. The van der Waals surface area contributed by atoms with E-state index in [1.165, 1.54) is 0 Å². The molecule has 5 heteroatoms. The SMILES string of the molecule is Cc1csc(CNc2cnc(Cl)c(C)c2)n1. The van der Waals surface area contributed by atoms with E-state index in [1.807, 2.05) is 25.3 Å². The second-order valence-corrected chi connectivity index (χ2v) is 4.87. The first-order chi connectivity index (χ1) is 7.65. The summed E-state index contributed by atoms with van der Waals surface area (Å²) < 4.78 is 0. The van der Waals surface area contributed by atoms with E-state index < -0.39 is 0 Å². The lowest BCUT2D eigenvalue weighted by Crippen LogP contribution is -2.00. The number of hydrogen-bond donors (Lipinski definition) is 1. The second-order valence-electron chi connectivity index (χ2n) is 3.57. The van der Waals surface area contributed by atoms with E-state index in [0.29, 0.717) is 5.15 Å². The Kier molecular flexibility index (Phi) is 3.41. The van der Waals surface area contributed by atoms with Gasteiger partial charge in [0.1, 0.15) is 10.2 Å².